The van der Waals surface area contributed by atoms with Crippen LogP contribution in [-0.4, -0.2) is 47.8 Å². The highest BCUT2D eigenvalue weighted by Gasteiger charge is 2.50. The van der Waals surface area contributed by atoms with Crippen molar-refractivity contribution in [1.82, 2.24) is 14.3 Å². The molecule has 0 aromatic heterocycles. The molecule has 0 N–H and O–H groups in total. The van der Waals surface area contributed by atoms with Gasteiger partial charge in [0.05, 0.1) is 10.9 Å². The third-order valence-corrected chi connectivity index (χ3v) is 9.28. The molecule has 5 rings (SSSR count). The smallest absolute Gasteiger partial charge is 0.268 e. The molecule has 1 saturated heterocycles. The molecule has 8 heteroatoms. The van der Waals surface area contributed by atoms with Crippen molar-refractivity contribution in [3.8, 4) is 0 Å². The van der Waals surface area contributed by atoms with Crippen molar-refractivity contribution in [2.75, 3.05) is 13.1 Å². The summed E-state index contributed by atoms with van der Waals surface area (Å²) >= 11 is 3.43. The average molecular weight is 567 g/mol. The molecule has 0 aliphatic carbocycles. The summed E-state index contributed by atoms with van der Waals surface area (Å²) < 4.78 is 30.6. The van der Waals surface area contributed by atoms with Gasteiger partial charge in [0.15, 0.2) is 0 Å². The Hall–Kier alpha value is -2.78. The summed E-state index contributed by atoms with van der Waals surface area (Å²) in [6.45, 7) is 8.55. The number of carbonyl (C=O) groups is 1. The number of rotatable bonds is 4. The van der Waals surface area contributed by atoms with Gasteiger partial charge in [-0.1, -0.05) is 70.0 Å². The largest absolute Gasteiger partial charge is 0.268 e. The lowest BCUT2D eigenvalue weighted by atomic mass is 9.95. The van der Waals surface area contributed by atoms with Crippen LogP contribution in [0.15, 0.2) is 94.3 Å². The van der Waals surface area contributed by atoms with Crippen molar-refractivity contribution in [3.63, 3.8) is 0 Å². The van der Waals surface area contributed by atoms with Gasteiger partial charge in [0.2, 0.25) is 10.0 Å². The Morgan fingerprint density at radius 2 is 1.67 bits per heavy atom. The second-order valence-electron chi connectivity index (χ2n) is 9.39. The first kappa shape index (κ1) is 24.9. The van der Waals surface area contributed by atoms with Crippen molar-refractivity contribution in [1.29, 1.82) is 0 Å². The van der Waals surface area contributed by atoms with Gasteiger partial charge in [-0.25, -0.2) is 8.42 Å². The van der Waals surface area contributed by atoms with Gasteiger partial charge in [0.1, 0.15) is 6.17 Å². The molecule has 0 saturated carbocycles. The Labute approximate surface area is 221 Å². The number of benzene rings is 3. The van der Waals surface area contributed by atoms with E-state index in [0.717, 1.165) is 26.7 Å². The Balaban J connectivity index is 1.66. The van der Waals surface area contributed by atoms with Crippen LogP contribution in [0.2, 0.25) is 0 Å². The summed E-state index contributed by atoms with van der Waals surface area (Å²) in [4.78, 5) is 14.2. The number of carbonyl (C=O) groups excluding carboxylic acids is 1. The highest BCUT2D eigenvalue weighted by Crippen LogP contribution is 2.42. The highest BCUT2D eigenvalue weighted by molar-refractivity contribution is 9.10. The zero-order valence-corrected chi connectivity index (χ0v) is 22.7. The minimum absolute atomic E-state index is 0.114. The number of hydrazine groups is 1. The van der Waals surface area contributed by atoms with Crippen LogP contribution in [-0.2, 0) is 16.4 Å². The molecule has 0 spiro atoms. The third kappa shape index (κ3) is 4.32. The molecule has 36 heavy (non-hydrogen) atoms. The molecule has 186 valence electrons. The minimum Gasteiger partial charge on any atom is -0.268 e. The van der Waals surface area contributed by atoms with Gasteiger partial charge in [-0.3, -0.25) is 9.80 Å². The third-order valence-electron chi connectivity index (χ3n) is 6.92. The maximum absolute atomic E-state index is 14.1. The molecule has 6 nitrogen and oxygen atoms in total. The van der Waals surface area contributed by atoms with E-state index in [1.165, 1.54) is 0 Å². The lowest BCUT2D eigenvalue weighted by Crippen LogP contribution is -2.67. The van der Waals surface area contributed by atoms with Gasteiger partial charge < -0.3 is 0 Å². The van der Waals surface area contributed by atoms with Crippen LogP contribution in [0.5, 0.6) is 0 Å². The number of hydrogen-bond acceptors (Lipinski definition) is 4. The van der Waals surface area contributed by atoms with E-state index < -0.39 is 22.2 Å². The molecule has 0 radical (unpaired) electrons. The van der Waals surface area contributed by atoms with Crippen molar-refractivity contribution < 1.29 is 13.2 Å². The van der Waals surface area contributed by atoms with E-state index in [0.29, 0.717) is 18.5 Å². The molecule has 2 atom stereocenters. The molecule has 3 aromatic rings. The molecule has 2 aliphatic heterocycles. The number of nitrogens with zero attached hydrogens (tertiary/aromatic N) is 3. The number of aryl methyl sites for hydroxylation is 1. The van der Waals surface area contributed by atoms with Gasteiger partial charge in [0.25, 0.3) is 5.91 Å². The van der Waals surface area contributed by atoms with Gasteiger partial charge in [-0.2, -0.15) is 9.31 Å². The lowest BCUT2D eigenvalue weighted by molar-refractivity contribution is -0.129. The van der Waals surface area contributed by atoms with Crippen LogP contribution >= 0.6 is 15.9 Å². The van der Waals surface area contributed by atoms with Crippen molar-refractivity contribution >= 4 is 31.9 Å². The predicted molar refractivity (Wildman–Crippen MR) is 144 cm³/mol. The number of halogens is 1. The number of sulfonamides is 1. The molecular weight excluding hydrogens is 538 g/mol. The monoisotopic (exact) mass is 565 g/mol. The van der Waals surface area contributed by atoms with Crippen molar-refractivity contribution in [2.24, 2.45) is 0 Å². The van der Waals surface area contributed by atoms with E-state index in [9.17, 15) is 13.2 Å². The van der Waals surface area contributed by atoms with Crippen LogP contribution in [0, 0.1) is 6.92 Å². The van der Waals surface area contributed by atoms with Crippen LogP contribution in [0.25, 0.3) is 0 Å². The van der Waals surface area contributed by atoms with Crippen molar-refractivity contribution in [3.05, 3.63) is 112 Å². The molecule has 2 aliphatic rings. The second-order valence-corrected chi connectivity index (χ2v) is 12.2. The van der Waals surface area contributed by atoms with E-state index >= 15 is 0 Å². The second kappa shape index (κ2) is 9.59. The molecule has 0 bridgehead atoms. The van der Waals surface area contributed by atoms with E-state index in [1.807, 2.05) is 67.4 Å². The molecule has 3 aromatic carbocycles. The summed E-state index contributed by atoms with van der Waals surface area (Å²) in [6, 6.07) is 21.5. The molecule has 1 fully saturated rings. The fourth-order valence-electron chi connectivity index (χ4n) is 5.01. The van der Waals surface area contributed by atoms with Gasteiger partial charge in [0, 0.05) is 23.1 Å². The summed E-state index contributed by atoms with van der Waals surface area (Å²) in [5.74, 6) is -0.174. The molecular formula is C28H28BrN3O3S. The highest BCUT2D eigenvalue weighted by atomic mass is 79.9. The Kier molecular flexibility index (Phi) is 6.63. The van der Waals surface area contributed by atoms with Crippen LogP contribution in [0.3, 0.4) is 0 Å². The van der Waals surface area contributed by atoms with Gasteiger partial charge >= 0.3 is 0 Å². The van der Waals surface area contributed by atoms with E-state index in [1.54, 1.807) is 33.6 Å². The first-order valence-corrected chi connectivity index (χ1v) is 14.1. The normalized spacial score (nSPS) is 20.5. The fourth-order valence-corrected chi connectivity index (χ4v) is 6.85. The average Bonchev–Trinajstić information content (AvgIpc) is 2.87. The summed E-state index contributed by atoms with van der Waals surface area (Å²) in [6.07, 6.45) is 0.0641. The first-order valence-electron chi connectivity index (χ1n) is 11.9. The Morgan fingerprint density at radius 1 is 1.00 bits per heavy atom. The van der Waals surface area contributed by atoms with E-state index in [-0.39, 0.29) is 17.3 Å². The standard InChI is InChI=1S/C28H28BrN3O3S/c1-19(2)26-18-31(36(34,35)24-14-8-20(3)9-15-24)27-25-7-5-4-6-21(25)16-17-30(27)32(26)28(33)22-10-12-23(29)13-11-22/h4-15,26-27H,1,16-18H2,2-3H3/t26-,27+/m1/s1. The maximum Gasteiger partial charge on any atom is 0.268 e. The quantitative estimate of drug-likeness (QED) is 0.401. The van der Waals surface area contributed by atoms with Crippen LogP contribution in [0.1, 0.15) is 40.1 Å². The predicted octanol–water partition coefficient (Wildman–Crippen LogP) is 5.32. The zero-order valence-electron chi connectivity index (χ0n) is 20.3. The fraction of sp³-hybridized carbons (Fsp3) is 0.250. The summed E-state index contributed by atoms with van der Waals surface area (Å²) in [5, 5.41) is 3.65. The minimum atomic E-state index is -3.87. The molecule has 0 unspecified atom stereocenters. The van der Waals surface area contributed by atoms with Crippen molar-refractivity contribution in [2.45, 2.75) is 37.4 Å². The Bertz CT molecular complexity index is 1420. The molecule has 2 heterocycles. The first-order chi connectivity index (χ1) is 17.2. The lowest BCUT2D eigenvalue weighted by Gasteiger charge is -2.55. The zero-order chi connectivity index (χ0) is 25.6. The SMILES string of the molecule is C=C(C)[C@H]1CN(S(=O)(=O)c2ccc(C)cc2)[C@H]2c3ccccc3CCN2N1C(=O)c1ccc(Br)cc1. The van der Waals surface area contributed by atoms with E-state index in [4.69, 9.17) is 0 Å². The van der Waals surface area contributed by atoms with Gasteiger partial charge in [-0.15, -0.1) is 0 Å². The summed E-state index contributed by atoms with van der Waals surface area (Å²) in [7, 11) is -3.87. The van der Waals surface area contributed by atoms with Crippen LogP contribution in [0.4, 0.5) is 0 Å². The topological polar surface area (TPSA) is 60.9 Å². The van der Waals surface area contributed by atoms with Gasteiger partial charge in [-0.05, 0) is 67.8 Å². The maximum atomic E-state index is 14.1. The Morgan fingerprint density at radius 3 is 2.33 bits per heavy atom. The number of hydrogen-bond donors (Lipinski definition) is 0. The van der Waals surface area contributed by atoms with Crippen LogP contribution < -0.4 is 0 Å². The number of fused-ring (bicyclic) bond motifs is 3. The summed E-state index contributed by atoms with van der Waals surface area (Å²) in [5.41, 5.74) is 4.24. The van der Waals surface area contributed by atoms with E-state index in [2.05, 4.69) is 22.5 Å². The number of amides is 1. The molecule has 1 amide bonds.